The molecule has 0 aromatic heterocycles. The summed E-state index contributed by atoms with van der Waals surface area (Å²) in [6.07, 6.45) is 0. The van der Waals surface area contributed by atoms with Gasteiger partial charge in [-0.15, -0.1) is 7.80 Å². The minimum Gasteiger partial charge on any atom is -0.129 e. The summed E-state index contributed by atoms with van der Waals surface area (Å²) < 4.78 is 0. The highest BCUT2D eigenvalue weighted by Gasteiger charge is 2.09. The van der Waals surface area contributed by atoms with Gasteiger partial charge in [-0.1, -0.05) is 66.7 Å². The monoisotopic (exact) mass is 260 g/mol. The molecule has 2 heteroatoms. The van der Waals surface area contributed by atoms with Gasteiger partial charge < -0.3 is 0 Å². The molecule has 0 N–H and O–H groups in total. The predicted octanol–water partition coefficient (Wildman–Crippen LogP) is 4.33. The third-order valence-electron chi connectivity index (χ3n) is 3.36. The SMILES string of the molecule is [B]P(C)c1ccccc1-c1cccc2ccccc12. The van der Waals surface area contributed by atoms with Gasteiger partial charge in [0.15, 0.2) is 0 Å². The van der Waals surface area contributed by atoms with Gasteiger partial charge in [0.1, 0.15) is 7.57 Å². The molecule has 3 aromatic rings. The van der Waals surface area contributed by atoms with Crippen molar-refractivity contribution in [2.75, 3.05) is 6.66 Å². The average Bonchev–Trinajstić information content (AvgIpc) is 2.46. The van der Waals surface area contributed by atoms with Gasteiger partial charge in [0.25, 0.3) is 0 Å². The van der Waals surface area contributed by atoms with Crippen molar-refractivity contribution in [2.24, 2.45) is 0 Å². The fraction of sp³-hybridized carbons (Fsp3) is 0.0588. The third-order valence-corrected chi connectivity index (χ3v) is 4.51. The Bertz CT molecular complexity index is 714. The Kier molecular flexibility index (Phi) is 3.40. The fourth-order valence-corrected chi connectivity index (χ4v) is 3.37. The van der Waals surface area contributed by atoms with E-state index in [1.807, 2.05) is 0 Å². The summed E-state index contributed by atoms with van der Waals surface area (Å²) in [4.78, 5) is 0. The highest BCUT2D eigenvalue weighted by Crippen LogP contribution is 2.33. The standard InChI is InChI=1S/C17H14BP/c1-19(18)17-12-5-4-10-16(17)15-11-6-8-13-7-2-3-9-14(13)15/h2-12H,1H3. The zero-order chi connectivity index (χ0) is 13.2. The first-order valence-electron chi connectivity index (χ1n) is 6.33. The van der Waals surface area contributed by atoms with Gasteiger partial charge in [-0.2, -0.15) is 0 Å². The van der Waals surface area contributed by atoms with E-state index < -0.39 is 7.80 Å². The van der Waals surface area contributed by atoms with Crippen molar-refractivity contribution in [1.82, 2.24) is 0 Å². The van der Waals surface area contributed by atoms with Crippen LogP contribution in [0.15, 0.2) is 66.7 Å². The number of rotatable bonds is 2. The third kappa shape index (κ3) is 2.31. The predicted molar refractivity (Wildman–Crippen MR) is 87.6 cm³/mol. The van der Waals surface area contributed by atoms with E-state index in [-0.39, 0.29) is 0 Å². The summed E-state index contributed by atoms with van der Waals surface area (Å²) in [6, 6.07) is 23.4. The van der Waals surface area contributed by atoms with Crippen LogP contribution in [0.1, 0.15) is 0 Å². The largest absolute Gasteiger partial charge is 0.129 e. The summed E-state index contributed by atoms with van der Waals surface area (Å²) in [5.41, 5.74) is 2.53. The van der Waals surface area contributed by atoms with Crippen LogP contribution in [0.3, 0.4) is 0 Å². The average molecular weight is 260 g/mol. The van der Waals surface area contributed by atoms with Gasteiger partial charge in [-0.05, 0) is 33.9 Å². The summed E-state index contributed by atoms with van der Waals surface area (Å²) >= 11 is 0. The van der Waals surface area contributed by atoms with Crippen molar-refractivity contribution in [3.8, 4) is 11.1 Å². The maximum Gasteiger partial charge on any atom is 0.115 e. The second-order valence-electron chi connectivity index (χ2n) is 4.65. The van der Waals surface area contributed by atoms with Gasteiger partial charge >= 0.3 is 0 Å². The van der Waals surface area contributed by atoms with E-state index in [1.54, 1.807) is 0 Å². The van der Waals surface area contributed by atoms with Gasteiger partial charge in [0.05, 0.1) is 0 Å². The lowest BCUT2D eigenvalue weighted by molar-refractivity contribution is 1.68. The van der Waals surface area contributed by atoms with E-state index in [1.165, 1.54) is 27.2 Å². The van der Waals surface area contributed by atoms with Gasteiger partial charge in [0.2, 0.25) is 0 Å². The van der Waals surface area contributed by atoms with Crippen LogP contribution in [-0.2, 0) is 0 Å². The highest BCUT2D eigenvalue weighted by atomic mass is 31.1. The molecule has 0 spiro atoms. The Labute approximate surface area is 116 Å². The van der Waals surface area contributed by atoms with Crippen LogP contribution in [0.25, 0.3) is 21.9 Å². The minimum atomic E-state index is -0.595. The molecule has 0 saturated heterocycles. The molecular formula is C17H14BP. The summed E-state index contributed by atoms with van der Waals surface area (Å²) in [6.45, 7) is 2.10. The van der Waals surface area contributed by atoms with Crippen LogP contribution in [0, 0.1) is 0 Å². The lowest BCUT2D eigenvalue weighted by atomic mass is 9.98. The number of hydrogen-bond acceptors (Lipinski definition) is 0. The molecule has 0 nitrogen and oxygen atoms in total. The van der Waals surface area contributed by atoms with Crippen molar-refractivity contribution in [3.63, 3.8) is 0 Å². The lowest BCUT2D eigenvalue weighted by Crippen LogP contribution is -2.04. The zero-order valence-electron chi connectivity index (χ0n) is 10.9. The maximum absolute atomic E-state index is 6.16. The number of hydrogen-bond donors (Lipinski definition) is 0. The van der Waals surface area contributed by atoms with Crippen molar-refractivity contribution in [1.29, 1.82) is 0 Å². The molecule has 0 amide bonds. The summed E-state index contributed by atoms with van der Waals surface area (Å²) in [5.74, 6) is 0. The molecule has 0 aliphatic heterocycles. The van der Waals surface area contributed by atoms with Crippen LogP contribution in [-0.4, -0.2) is 14.2 Å². The van der Waals surface area contributed by atoms with E-state index in [9.17, 15) is 0 Å². The molecule has 0 bridgehead atoms. The van der Waals surface area contributed by atoms with Gasteiger partial charge in [0, 0.05) is 0 Å². The summed E-state index contributed by atoms with van der Waals surface area (Å²) in [7, 11) is 5.57. The molecule has 0 aliphatic rings. The lowest BCUT2D eigenvalue weighted by Gasteiger charge is -2.15. The first kappa shape index (κ1) is 12.4. The topological polar surface area (TPSA) is 0 Å². The molecule has 2 radical (unpaired) electrons. The van der Waals surface area contributed by atoms with E-state index in [4.69, 9.17) is 7.57 Å². The van der Waals surface area contributed by atoms with Crippen LogP contribution in [0.2, 0.25) is 0 Å². The van der Waals surface area contributed by atoms with Crippen LogP contribution in [0.4, 0.5) is 0 Å². The van der Waals surface area contributed by atoms with Crippen LogP contribution < -0.4 is 5.30 Å². The van der Waals surface area contributed by atoms with E-state index >= 15 is 0 Å². The quantitative estimate of drug-likeness (QED) is 0.475. The molecule has 0 fully saturated rings. The molecule has 1 atom stereocenters. The number of benzene rings is 3. The Balaban J connectivity index is 2.31. The number of fused-ring (bicyclic) bond motifs is 1. The second-order valence-corrected chi connectivity index (χ2v) is 6.36. The van der Waals surface area contributed by atoms with Gasteiger partial charge in [-0.25, -0.2) is 0 Å². The normalized spacial score (nSPS) is 12.5. The molecule has 0 aliphatic carbocycles. The maximum atomic E-state index is 6.16. The molecule has 90 valence electrons. The molecular weight excluding hydrogens is 246 g/mol. The van der Waals surface area contributed by atoms with Crippen molar-refractivity contribution >= 4 is 31.4 Å². The second kappa shape index (κ2) is 5.19. The summed E-state index contributed by atoms with van der Waals surface area (Å²) in [5, 5.41) is 3.82. The van der Waals surface area contributed by atoms with Crippen LogP contribution >= 0.6 is 7.80 Å². The van der Waals surface area contributed by atoms with E-state index in [0.717, 1.165) is 0 Å². The molecule has 3 aromatic carbocycles. The Morgan fingerprint density at radius 1 is 0.737 bits per heavy atom. The first-order valence-corrected chi connectivity index (χ1v) is 8.19. The Hall–Kier alpha value is -1.59. The Morgan fingerprint density at radius 2 is 1.37 bits per heavy atom. The molecule has 0 saturated carbocycles. The smallest absolute Gasteiger partial charge is 0.115 e. The zero-order valence-corrected chi connectivity index (χ0v) is 11.8. The van der Waals surface area contributed by atoms with Gasteiger partial charge in [-0.3, -0.25) is 0 Å². The minimum absolute atomic E-state index is 0.595. The molecule has 3 rings (SSSR count). The van der Waals surface area contributed by atoms with E-state index in [0.29, 0.717) is 0 Å². The highest BCUT2D eigenvalue weighted by molar-refractivity contribution is 7.87. The molecule has 1 unspecified atom stereocenters. The van der Waals surface area contributed by atoms with Crippen molar-refractivity contribution < 1.29 is 0 Å². The van der Waals surface area contributed by atoms with Crippen molar-refractivity contribution in [3.05, 3.63) is 66.7 Å². The fourth-order valence-electron chi connectivity index (χ4n) is 2.47. The van der Waals surface area contributed by atoms with E-state index in [2.05, 4.69) is 73.4 Å². The van der Waals surface area contributed by atoms with Crippen molar-refractivity contribution in [2.45, 2.75) is 0 Å². The molecule has 19 heavy (non-hydrogen) atoms. The first-order chi connectivity index (χ1) is 9.27. The Morgan fingerprint density at radius 3 is 2.21 bits per heavy atom. The van der Waals surface area contributed by atoms with Crippen LogP contribution in [0.5, 0.6) is 0 Å². The molecule has 0 heterocycles.